The summed E-state index contributed by atoms with van der Waals surface area (Å²) < 4.78 is 0. The summed E-state index contributed by atoms with van der Waals surface area (Å²) in [7, 11) is 0. The average molecular weight is 227 g/mol. The highest BCUT2D eigenvalue weighted by atomic mass is 16.2. The topological polar surface area (TPSA) is 92.5 Å². The van der Waals surface area contributed by atoms with E-state index in [-0.39, 0.29) is 24.1 Å². The van der Waals surface area contributed by atoms with Crippen LogP contribution >= 0.6 is 0 Å². The minimum absolute atomic E-state index is 0.129. The van der Waals surface area contributed by atoms with Crippen molar-refractivity contribution in [2.24, 2.45) is 5.84 Å². The summed E-state index contributed by atoms with van der Waals surface area (Å²) in [4.78, 5) is 35.2. The van der Waals surface area contributed by atoms with E-state index in [1.807, 2.05) is 5.43 Å². The lowest BCUT2D eigenvalue weighted by molar-refractivity contribution is -0.144. The lowest BCUT2D eigenvalue weighted by Gasteiger charge is -2.18. The van der Waals surface area contributed by atoms with Crippen molar-refractivity contribution in [2.45, 2.75) is 38.5 Å². The molecule has 0 saturated carbocycles. The summed E-state index contributed by atoms with van der Waals surface area (Å²) in [5, 5.41) is 0. The molecule has 3 N–H and O–H groups in total. The lowest BCUT2D eigenvalue weighted by atomic mass is 10.2. The van der Waals surface area contributed by atoms with Gasteiger partial charge in [0.25, 0.3) is 0 Å². The maximum atomic E-state index is 11.5. The number of nitrogens with two attached hydrogens (primary N) is 1. The summed E-state index contributed by atoms with van der Waals surface area (Å²) in [5.74, 6) is 4.38. The fourth-order valence-corrected chi connectivity index (χ4v) is 1.68. The van der Waals surface area contributed by atoms with Crippen molar-refractivity contribution in [2.75, 3.05) is 6.54 Å². The molecule has 1 heterocycles. The van der Waals surface area contributed by atoms with Crippen molar-refractivity contribution < 1.29 is 14.4 Å². The van der Waals surface area contributed by atoms with Gasteiger partial charge in [0.2, 0.25) is 17.7 Å². The molecule has 0 aromatic rings. The molecule has 0 spiro atoms. The van der Waals surface area contributed by atoms with Crippen molar-refractivity contribution in [3.8, 4) is 0 Å². The highest BCUT2D eigenvalue weighted by Gasteiger charge is 2.23. The molecule has 0 unspecified atom stereocenters. The zero-order chi connectivity index (χ0) is 12.0. The number of hydrazine groups is 1. The Labute approximate surface area is 94.1 Å². The van der Waals surface area contributed by atoms with Crippen LogP contribution in [0.15, 0.2) is 0 Å². The second kappa shape index (κ2) is 6.22. The predicted octanol–water partition coefficient (Wildman–Crippen LogP) is -0.314. The van der Waals surface area contributed by atoms with Crippen molar-refractivity contribution in [1.82, 2.24) is 10.3 Å². The molecule has 0 aromatic heterocycles. The lowest BCUT2D eigenvalue weighted by Crippen LogP contribution is -2.37. The Bertz CT molecular complexity index is 273. The molecule has 0 aliphatic carbocycles. The number of nitrogens with zero attached hydrogens (tertiary/aromatic N) is 1. The first-order chi connectivity index (χ1) is 7.65. The minimum Gasteiger partial charge on any atom is -0.294 e. The first kappa shape index (κ1) is 12.6. The number of carbonyl (C=O) groups is 3. The van der Waals surface area contributed by atoms with Gasteiger partial charge in [0.15, 0.2) is 0 Å². The van der Waals surface area contributed by atoms with Crippen molar-refractivity contribution in [3.05, 3.63) is 0 Å². The van der Waals surface area contributed by atoms with E-state index in [0.29, 0.717) is 25.8 Å². The van der Waals surface area contributed by atoms with Crippen LogP contribution in [-0.2, 0) is 14.4 Å². The van der Waals surface area contributed by atoms with Gasteiger partial charge in [-0.25, -0.2) is 5.84 Å². The molecule has 1 aliphatic heterocycles. The highest BCUT2D eigenvalue weighted by molar-refractivity contribution is 5.96. The molecule has 1 aliphatic rings. The normalized spacial score (nSPS) is 17.2. The van der Waals surface area contributed by atoms with E-state index >= 15 is 0 Å². The maximum absolute atomic E-state index is 11.5. The summed E-state index contributed by atoms with van der Waals surface area (Å²) in [5.41, 5.74) is 2.01. The number of imide groups is 1. The summed E-state index contributed by atoms with van der Waals surface area (Å²) in [6.07, 6.45) is 3.08. The molecule has 1 fully saturated rings. The van der Waals surface area contributed by atoms with Crippen molar-refractivity contribution >= 4 is 17.7 Å². The first-order valence-electron chi connectivity index (χ1n) is 5.48. The number of hydrogen-bond donors (Lipinski definition) is 2. The summed E-state index contributed by atoms with van der Waals surface area (Å²) >= 11 is 0. The van der Waals surface area contributed by atoms with Crippen LogP contribution in [0.25, 0.3) is 0 Å². The second-order valence-electron chi connectivity index (χ2n) is 3.82. The van der Waals surface area contributed by atoms with Crippen molar-refractivity contribution in [3.63, 3.8) is 0 Å². The van der Waals surface area contributed by atoms with Crippen LogP contribution in [0.2, 0.25) is 0 Å². The number of amides is 3. The number of hydrogen-bond acceptors (Lipinski definition) is 4. The minimum atomic E-state index is -0.283. The monoisotopic (exact) mass is 227 g/mol. The molecule has 6 nitrogen and oxygen atoms in total. The maximum Gasteiger partial charge on any atom is 0.233 e. The molecule has 0 atom stereocenters. The van der Waals surface area contributed by atoms with E-state index in [1.165, 1.54) is 4.90 Å². The number of carbonyl (C=O) groups excluding carboxylic acids is 3. The van der Waals surface area contributed by atoms with Crippen LogP contribution in [0.4, 0.5) is 0 Å². The summed E-state index contributed by atoms with van der Waals surface area (Å²) in [6, 6.07) is 0. The average Bonchev–Trinajstić information content (AvgIpc) is 2.43. The van der Waals surface area contributed by atoms with Gasteiger partial charge in [-0.3, -0.25) is 24.7 Å². The van der Waals surface area contributed by atoms with E-state index in [1.54, 1.807) is 0 Å². The first-order valence-corrected chi connectivity index (χ1v) is 5.48. The van der Waals surface area contributed by atoms with Crippen LogP contribution in [0, 0.1) is 0 Å². The van der Waals surface area contributed by atoms with Gasteiger partial charge in [0, 0.05) is 25.8 Å². The molecule has 0 bridgehead atoms. The Hall–Kier alpha value is -1.43. The van der Waals surface area contributed by atoms with Gasteiger partial charge in [-0.1, -0.05) is 0 Å². The molecule has 6 heteroatoms. The third-order valence-electron chi connectivity index (χ3n) is 2.58. The standard InChI is InChI=1S/C10H17N3O3/c11-12-8(14)4-3-7-13-9(15)5-1-2-6-10(13)16/h1-7,11H2,(H,12,14). The Morgan fingerprint density at radius 3 is 2.31 bits per heavy atom. The van der Waals surface area contributed by atoms with Crippen molar-refractivity contribution in [1.29, 1.82) is 0 Å². The van der Waals surface area contributed by atoms with Crippen LogP contribution < -0.4 is 11.3 Å². The highest BCUT2D eigenvalue weighted by Crippen LogP contribution is 2.13. The molecular weight excluding hydrogens is 210 g/mol. The second-order valence-corrected chi connectivity index (χ2v) is 3.82. The third-order valence-corrected chi connectivity index (χ3v) is 2.58. The smallest absolute Gasteiger partial charge is 0.233 e. The number of rotatable bonds is 4. The van der Waals surface area contributed by atoms with E-state index < -0.39 is 0 Å². The number of nitrogens with one attached hydrogen (secondary N) is 1. The molecule has 3 amide bonds. The number of likely N-dealkylation sites (tertiary alicyclic amines) is 1. The Morgan fingerprint density at radius 1 is 1.25 bits per heavy atom. The van der Waals surface area contributed by atoms with E-state index in [2.05, 4.69) is 0 Å². The van der Waals surface area contributed by atoms with Crippen LogP contribution in [0.5, 0.6) is 0 Å². The molecule has 16 heavy (non-hydrogen) atoms. The zero-order valence-electron chi connectivity index (χ0n) is 9.20. The quantitative estimate of drug-likeness (QED) is 0.298. The SMILES string of the molecule is NNC(=O)CCCN1C(=O)CCCCC1=O. The van der Waals surface area contributed by atoms with Gasteiger partial charge in [-0.15, -0.1) is 0 Å². The fraction of sp³-hybridized carbons (Fsp3) is 0.700. The molecular formula is C10H17N3O3. The van der Waals surface area contributed by atoms with Crippen LogP contribution in [0.3, 0.4) is 0 Å². The third kappa shape index (κ3) is 3.62. The van der Waals surface area contributed by atoms with E-state index in [0.717, 1.165) is 12.8 Å². The van der Waals surface area contributed by atoms with Gasteiger partial charge in [-0.2, -0.15) is 0 Å². The van der Waals surface area contributed by atoms with Gasteiger partial charge in [-0.05, 0) is 19.3 Å². The zero-order valence-corrected chi connectivity index (χ0v) is 9.20. The fourth-order valence-electron chi connectivity index (χ4n) is 1.68. The van der Waals surface area contributed by atoms with Crippen LogP contribution in [0.1, 0.15) is 38.5 Å². The summed E-state index contributed by atoms with van der Waals surface area (Å²) in [6.45, 7) is 0.311. The van der Waals surface area contributed by atoms with Gasteiger partial charge < -0.3 is 0 Å². The van der Waals surface area contributed by atoms with E-state index in [9.17, 15) is 14.4 Å². The Balaban J connectivity index is 2.40. The molecule has 90 valence electrons. The van der Waals surface area contributed by atoms with Crippen LogP contribution in [-0.4, -0.2) is 29.2 Å². The molecule has 1 saturated heterocycles. The molecule has 0 radical (unpaired) electrons. The van der Waals surface area contributed by atoms with Gasteiger partial charge in [0.05, 0.1) is 0 Å². The molecule has 0 aromatic carbocycles. The van der Waals surface area contributed by atoms with Gasteiger partial charge >= 0.3 is 0 Å². The Kier molecular flexibility index (Phi) is 4.91. The predicted molar refractivity (Wildman–Crippen MR) is 56.8 cm³/mol. The Morgan fingerprint density at radius 2 is 1.81 bits per heavy atom. The molecule has 1 rings (SSSR count). The van der Waals surface area contributed by atoms with Gasteiger partial charge in [0.1, 0.15) is 0 Å². The van der Waals surface area contributed by atoms with E-state index in [4.69, 9.17) is 5.84 Å². The largest absolute Gasteiger partial charge is 0.294 e.